The van der Waals surface area contributed by atoms with Crippen molar-refractivity contribution in [1.82, 2.24) is 9.71 Å². The summed E-state index contributed by atoms with van der Waals surface area (Å²) >= 11 is 0. The minimum absolute atomic E-state index is 0.373. The number of ether oxygens (including phenoxy) is 2. The van der Waals surface area contributed by atoms with Crippen LogP contribution >= 0.6 is 0 Å². The molecule has 1 saturated heterocycles. The van der Waals surface area contributed by atoms with Gasteiger partial charge >= 0.3 is 0 Å². The lowest BCUT2D eigenvalue weighted by Gasteiger charge is -2.35. The summed E-state index contributed by atoms with van der Waals surface area (Å²) in [6.07, 6.45) is 3.96. The predicted molar refractivity (Wildman–Crippen MR) is 92.4 cm³/mol. The van der Waals surface area contributed by atoms with Crippen molar-refractivity contribution < 1.29 is 9.47 Å². The van der Waals surface area contributed by atoms with Crippen molar-refractivity contribution in [2.75, 3.05) is 39.3 Å². The molecule has 0 aromatic heterocycles. The molecule has 4 nitrogen and oxygen atoms in total. The molecule has 0 atom stereocenters. The van der Waals surface area contributed by atoms with Crippen molar-refractivity contribution in [3.8, 4) is 0 Å². The number of benzene rings is 1. The minimum atomic E-state index is 0.373. The van der Waals surface area contributed by atoms with E-state index in [2.05, 4.69) is 29.2 Å². The highest BCUT2D eigenvalue weighted by atomic mass is 16.5. The van der Waals surface area contributed by atoms with Gasteiger partial charge in [0.1, 0.15) is 0 Å². The van der Waals surface area contributed by atoms with E-state index in [0.29, 0.717) is 18.8 Å². The van der Waals surface area contributed by atoms with Crippen LogP contribution in [0.15, 0.2) is 30.3 Å². The van der Waals surface area contributed by atoms with Gasteiger partial charge in [0.05, 0.1) is 18.8 Å². The van der Waals surface area contributed by atoms with Crippen LogP contribution in [0, 0.1) is 0 Å². The normalized spacial score (nSPS) is 26.1. The monoisotopic (exact) mass is 314 g/mol. The molecule has 124 valence electrons. The molecule has 0 spiro atoms. The Labute approximate surface area is 141 Å². The lowest BCUT2D eigenvalue weighted by molar-refractivity contribution is -0.107. The average molecular weight is 314 g/mol. The molecule has 2 radical (unpaired) electrons. The predicted octanol–water partition coefficient (Wildman–Crippen LogP) is 1.84. The third-order valence-electron chi connectivity index (χ3n) is 4.76. The Balaban J connectivity index is 1.19. The van der Waals surface area contributed by atoms with Gasteiger partial charge in [-0.2, -0.15) is 0 Å². The van der Waals surface area contributed by atoms with Crippen LogP contribution in [0.2, 0.25) is 0 Å². The lowest BCUT2D eigenvalue weighted by atomic mass is 9.92. The highest BCUT2D eigenvalue weighted by molar-refractivity contribution is 6.04. The third-order valence-corrected chi connectivity index (χ3v) is 4.76. The van der Waals surface area contributed by atoms with Crippen molar-refractivity contribution in [1.29, 1.82) is 0 Å². The SMILES string of the molecule is [B]N1CCN(CCCOC2CC(OCc3ccccc3)C2)CC1. The fourth-order valence-corrected chi connectivity index (χ4v) is 3.10. The van der Waals surface area contributed by atoms with Gasteiger partial charge in [-0.15, -0.1) is 0 Å². The maximum absolute atomic E-state index is 5.93. The van der Waals surface area contributed by atoms with Crippen molar-refractivity contribution in [3.63, 3.8) is 0 Å². The Hall–Kier alpha value is -0.875. The van der Waals surface area contributed by atoms with Crippen LogP contribution in [0.3, 0.4) is 0 Å². The van der Waals surface area contributed by atoms with E-state index in [1.54, 1.807) is 0 Å². The van der Waals surface area contributed by atoms with E-state index in [9.17, 15) is 0 Å². The Morgan fingerprint density at radius 1 is 0.957 bits per heavy atom. The zero-order chi connectivity index (χ0) is 15.9. The molecular formula is C18H27BN2O2. The van der Waals surface area contributed by atoms with E-state index in [1.165, 1.54) is 5.56 Å². The summed E-state index contributed by atoms with van der Waals surface area (Å²) in [5.41, 5.74) is 1.24. The smallest absolute Gasteiger partial charge is 0.182 e. The van der Waals surface area contributed by atoms with Gasteiger partial charge in [-0.25, -0.2) is 0 Å². The van der Waals surface area contributed by atoms with E-state index in [-0.39, 0.29) is 0 Å². The van der Waals surface area contributed by atoms with E-state index in [0.717, 1.165) is 58.6 Å². The van der Waals surface area contributed by atoms with Crippen LogP contribution in [0.25, 0.3) is 0 Å². The molecule has 1 aromatic rings. The number of piperazine rings is 1. The fraction of sp³-hybridized carbons (Fsp3) is 0.667. The van der Waals surface area contributed by atoms with Gasteiger partial charge in [0.2, 0.25) is 0 Å². The maximum atomic E-state index is 5.93. The first-order valence-corrected chi connectivity index (χ1v) is 8.79. The first-order chi connectivity index (χ1) is 11.3. The van der Waals surface area contributed by atoms with Gasteiger partial charge in [-0.1, -0.05) is 30.3 Å². The second kappa shape index (κ2) is 8.83. The first-order valence-electron chi connectivity index (χ1n) is 8.79. The molecule has 1 heterocycles. The molecule has 1 aliphatic heterocycles. The molecule has 0 amide bonds. The molecule has 1 saturated carbocycles. The average Bonchev–Trinajstić information content (AvgIpc) is 2.55. The van der Waals surface area contributed by atoms with Crippen LogP contribution in [-0.4, -0.2) is 69.2 Å². The first kappa shape index (κ1) is 17.0. The largest absolute Gasteiger partial charge is 0.378 e. The molecule has 2 fully saturated rings. The van der Waals surface area contributed by atoms with Crippen LogP contribution in [0.5, 0.6) is 0 Å². The molecule has 2 aliphatic rings. The number of nitrogens with zero attached hydrogens (tertiary/aromatic N) is 2. The number of hydrogen-bond acceptors (Lipinski definition) is 4. The molecule has 5 heteroatoms. The summed E-state index contributed by atoms with van der Waals surface area (Å²) in [4.78, 5) is 4.37. The molecule has 3 rings (SSSR count). The van der Waals surface area contributed by atoms with Crippen LogP contribution in [-0.2, 0) is 16.1 Å². The van der Waals surface area contributed by atoms with Gasteiger partial charge in [-0.05, 0) is 37.9 Å². The Morgan fingerprint density at radius 3 is 2.39 bits per heavy atom. The summed E-state index contributed by atoms with van der Waals surface area (Å²) in [6, 6.07) is 10.4. The summed E-state index contributed by atoms with van der Waals surface area (Å²) < 4.78 is 11.8. The van der Waals surface area contributed by atoms with Gasteiger partial charge < -0.3 is 19.2 Å². The topological polar surface area (TPSA) is 24.9 Å². The van der Waals surface area contributed by atoms with Gasteiger partial charge in [0.25, 0.3) is 0 Å². The molecule has 0 bridgehead atoms. The quantitative estimate of drug-likeness (QED) is 0.540. The second-order valence-corrected chi connectivity index (χ2v) is 6.61. The standard InChI is InChI=1S/C18H27BN2O2/c19-21-10-8-20(9-11-21)7-4-12-22-17-13-18(14-17)23-15-16-5-2-1-3-6-16/h1-3,5-6,17-18H,4,7-15H2. The summed E-state index contributed by atoms with van der Waals surface area (Å²) in [6.45, 7) is 6.80. The summed E-state index contributed by atoms with van der Waals surface area (Å²) in [5, 5.41) is 0. The Morgan fingerprint density at radius 2 is 1.65 bits per heavy atom. The molecule has 1 aromatic carbocycles. The van der Waals surface area contributed by atoms with Crippen molar-refractivity contribution >= 4 is 7.98 Å². The highest BCUT2D eigenvalue weighted by Crippen LogP contribution is 2.27. The van der Waals surface area contributed by atoms with Crippen molar-refractivity contribution in [3.05, 3.63) is 35.9 Å². The molecular weight excluding hydrogens is 287 g/mol. The Kier molecular flexibility index (Phi) is 6.51. The molecule has 0 N–H and O–H groups in total. The third kappa shape index (κ3) is 5.61. The lowest BCUT2D eigenvalue weighted by Crippen LogP contribution is -2.45. The summed E-state index contributed by atoms with van der Waals surface area (Å²) in [5.74, 6) is 0. The maximum Gasteiger partial charge on any atom is 0.182 e. The van der Waals surface area contributed by atoms with E-state index in [1.807, 2.05) is 10.9 Å². The number of rotatable bonds is 8. The molecule has 1 aliphatic carbocycles. The fourth-order valence-electron chi connectivity index (χ4n) is 3.10. The zero-order valence-electron chi connectivity index (χ0n) is 13.9. The minimum Gasteiger partial charge on any atom is -0.378 e. The van der Waals surface area contributed by atoms with E-state index < -0.39 is 0 Å². The van der Waals surface area contributed by atoms with Crippen LogP contribution < -0.4 is 0 Å². The van der Waals surface area contributed by atoms with Gasteiger partial charge in [-0.3, -0.25) is 0 Å². The zero-order valence-corrected chi connectivity index (χ0v) is 13.9. The number of hydrogen-bond donors (Lipinski definition) is 0. The van der Waals surface area contributed by atoms with E-state index in [4.69, 9.17) is 17.5 Å². The highest BCUT2D eigenvalue weighted by Gasteiger charge is 2.30. The molecule has 23 heavy (non-hydrogen) atoms. The Bertz CT molecular complexity index is 446. The van der Waals surface area contributed by atoms with Crippen LogP contribution in [0.4, 0.5) is 0 Å². The van der Waals surface area contributed by atoms with Crippen molar-refractivity contribution in [2.45, 2.75) is 38.1 Å². The van der Waals surface area contributed by atoms with Crippen molar-refractivity contribution in [2.24, 2.45) is 0 Å². The van der Waals surface area contributed by atoms with E-state index >= 15 is 0 Å². The molecule has 0 unspecified atom stereocenters. The van der Waals surface area contributed by atoms with Crippen LogP contribution in [0.1, 0.15) is 24.8 Å². The second-order valence-electron chi connectivity index (χ2n) is 6.61. The van der Waals surface area contributed by atoms with Gasteiger partial charge in [0, 0.05) is 26.2 Å². The summed E-state index contributed by atoms with van der Waals surface area (Å²) in [7, 11) is 5.76. The van der Waals surface area contributed by atoms with Gasteiger partial charge in [0.15, 0.2) is 7.98 Å².